The van der Waals surface area contributed by atoms with Crippen LogP contribution in [0.4, 0.5) is 4.79 Å². The van der Waals surface area contributed by atoms with Crippen molar-refractivity contribution in [2.24, 2.45) is 0 Å². The van der Waals surface area contributed by atoms with Gasteiger partial charge in [-0.1, -0.05) is 6.92 Å². The van der Waals surface area contributed by atoms with Crippen LogP contribution in [0.3, 0.4) is 0 Å². The average molecular weight is 230 g/mol. The Morgan fingerprint density at radius 3 is 2.50 bits per heavy atom. The van der Waals surface area contributed by atoms with Crippen LogP contribution in [0.15, 0.2) is 0 Å². The van der Waals surface area contributed by atoms with Gasteiger partial charge < -0.3 is 20.4 Å². The molecular weight excluding hydrogens is 212 g/mol. The van der Waals surface area contributed by atoms with Gasteiger partial charge in [-0.2, -0.15) is 0 Å². The molecule has 1 rings (SSSR count). The first-order chi connectivity index (χ1) is 7.60. The number of rotatable bonds is 6. The highest BCUT2D eigenvalue weighted by molar-refractivity contribution is 5.82. The van der Waals surface area contributed by atoms with Crippen LogP contribution in [0.2, 0.25) is 0 Å². The van der Waals surface area contributed by atoms with Gasteiger partial charge in [-0.15, -0.1) is 0 Å². The van der Waals surface area contributed by atoms with Crippen LogP contribution in [0, 0.1) is 0 Å². The van der Waals surface area contributed by atoms with Crippen LogP contribution in [0.5, 0.6) is 0 Å². The third-order valence-electron chi connectivity index (χ3n) is 2.59. The fourth-order valence-corrected chi connectivity index (χ4v) is 1.51. The maximum absolute atomic E-state index is 11.7. The zero-order valence-electron chi connectivity index (χ0n) is 9.35. The van der Waals surface area contributed by atoms with Crippen LogP contribution in [-0.2, 0) is 4.79 Å². The second-order valence-corrected chi connectivity index (χ2v) is 3.90. The quantitative estimate of drug-likeness (QED) is 0.600. The van der Waals surface area contributed by atoms with Gasteiger partial charge in [-0.25, -0.2) is 9.59 Å². The number of aliphatic carboxylic acids is 1. The number of carboxylic acids is 1. The predicted octanol–water partition coefficient (Wildman–Crippen LogP) is 0.0159. The lowest BCUT2D eigenvalue weighted by molar-refractivity contribution is -0.139. The van der Waals surface area contributed by atoms with E-state index in [1.165, 1.54) is 4.90 Å². The molecule has 0 radical (unpaired) electrons. The third-order valence-corrected chi connectivity index (χ3v) is 2.59. The fourth-order valence-electron chi connectivity index (χ4n) is 1.51. The van der Waals surface area contributed by atoms with Gasteiger partial charge in [0.05, 0.1) is 6.61 Å². The van der Waals surface area contributed by atoms with Crippen LogP contribution in [-0.4, -0.2) is 52.3 Å². The standard InChI is InChI=1S/C10H18N2O4/c1-2-8(9(14)15)11-10(16)12(5-6-13)7-3-4-7/h7-8,13H,2-6H2,1H3,(H,11,16)(H,14,15)/t8-/m0/s1. The molecule has 0 heterocycles. The first kappa shape index (κ1) is 12.8. The van der Waals surface area contributed by atoms with Crippen LogP contribution < -0.4 is 5.32 Å². The van der Waals surface area contributed by atoms with Crippen molar-refractivity contribution in [3.63, 3.8) is 0 Å². The van der Waals surface area contributed by atoms with E-state index in [-0.39, 0.29) is 19.2 Å². The number of hydrogen-bond acceptors (Lipinski definition) is 3. The van der Waals surface area contributed by atoms with Gasteiger partial charge in [0.15, 0.2) is 0 Å². The molecule has 92 valence electrons. The number of aliphatic hydroxyl groups excluding tert-OH is 1. The Bertz CT molecular complexity index is 266. The van der Waals surface area contributed by atoms with E-state index in [0.717, 1.165) is 12.8 Å². The number of carbonyl (C=O) groups excluding carboxylic acids is 1. The summed E-state index contributed by atoms with van der Waals surface area (Å²) in [5.41, 5.74) is 0. The van der Waals surface area contributed by atoms with E-state index in [2.05, 4.69) is 5.32 Å². The number of carboxylic acid groups (broad SMARTS) is 1. The van der Waals surface area contributed by atoms with Crippen molar-refractivity contribution >= 4 is 12.0 Å². The van der Waals surface area contributed by atoms with Crippen LogP contribution in [0.25, 0.3) is 0 Å². The fraction of sp³-hybridized carbons (Fsp3) is 0.800. The summed E-state index contributed by atoms with van der Waals surface area (Å²) in [6.07, 6.45) is 2.20. The Labute approximate surface area is 94.2 Å². The SMILES string of the molecule is CC[C@H](NC(=O)N(CCO)C1CC1)C(=O)O. The van der Waals surface area contributed by atoms with Crippen molar-refractivity contribution < 1.29 is 19.8 Å². The number of nitrogens with zero attached hydrogens (tertiary/aromatic N) is 1. The van der Waals surface area contributed by atoms with Crippen molar-refractivity contribution in [1.29, 1.82) is 0 Å². The number of carbonyl (C=O) groups is 2. The van der Waals surface area contributed by atoms with Crippen molar-refractivity contribution in [2.75, 3.05) is 13.2 Å². The molecule has 1 aliphatic carbocycles. The lowest BCUT2D eigenvalue weighted by Crippen LogP contribution is -2.49. The summed E-state index contributed by atoms with van der Waals surface area (Å²) < 4.78 is 0. The summed E-state index contributed by atoms with van der Waals surface area (Å²) in [5, 5.41) is 20.1. The summed E-state index contributed by atoms with van der Waals surface area (Å²) in [6.45, 7) is 1.85. The molecule has 1 aliphatic rings. The van der Waals surface area contributed by atoms with Gasteiger partial charge in [-0.05, 0) is 19.3 Å². The van der Waals surface area contributed by atoms with Gasteiger partial charge in [0.2, 0.25) is 0 Å². The summed E-state index contributed by atoms with van der Waals surface area (Å²) in [7, 11) is 0. The number of amides is 2. The Morgan fingerprint density at radius 1 is 1.50 bits per heavy atom. The summed E-state index contributed by atoms with van der Waals surface area (Å²) in [5.74, 6) is -1.03. The van der Waals surface area contributed by atoms with Gasteiger partial charge in [0, 0.05) is 12.6 Å². The van der Waals surface area contributed by atoms with Gasteiger partial charge in [0.1, 0.15) is 6.04 Å². The normalized spacial score (nSPS) is 16.6. The van der Waals surface area contributed by atoms with Crippen molar-refractivity contribution in [2.45, 2.75) is 38.3 Å². The molecular formula is C10H18N2O4. The molecule has 0 saturated heterocycles. The van der Waals surface area contributed by atoms with Crippen molar-refractivity contribution in [3.05, 3.63) is 0 Å². The molecule has 0 unspecified atom stereocenters. The molecule has 16 heavy (non-hydrogen) atoms. The molecule has 1 saturated carbocycles. The summed E-state index contributed by atoms with van der Waals surface area (Å²) in [4.78, 5) is 24.0. The minimum atomic E-state index is -1.03. The second kappa shape index (κ2) is 5.69. The minimum Gasteiger partial charge on any atom is -0.480 e. The molecule has 3 N–H and O–H groups in total. The van der Waals surface area contributed by atoms with E-state index in [9.17, 15) is 9.59 Å². The maximum Gasteiger partial charge on any atom is 0.326 e. The molecule has 6 heteroatoms. The lowest BCUT2D eigenvalue weighted by Gasteiger charge is -2.23. The molecule has 6 nitrogen and oxygen atoms in total. The highest BCUT2D eigenvalue weighted by Gasteiger charge is 2.33. The van der Waals surface area contributed by atoms with E-state index < -0.39 is 18.0 Å². The number of hydrogen-bond donors (Lipinski definition) is 3. The summed E-state index contributed by atoms with van der Waals surface area (Å²) in [6, 6.07) is -1.09. The molecule has 0 aliphatic heterocycles. The topological polar surface area (TPSA) is 89.9 Å². The van der Waals surface area contributed by atoms with Crippen molar-refractivity contribution in [3.8, 4) is 0 Å². The number of aliphatic hydroxyl groups is 1. The van der Waals surface area contributed by atoms with Crippen molar-refractivity contribution in [1.82, 2.24) is 10.2 Å². The predicted molar refractivity (Wildman–Crippen MR) is 57.1 cm³/mol. The zero-order chi connectivity index (χ0) is 12.1. The third kappa shape index (κ3) is 3.37. The average Bonchev–Trinajstić information content (AvgIpc) is 3.05. The zero-order valence-corrected chi connectivity index (χ0v) is 9.35. The molecule has 1 atom stereocenters. The Hall–Kier alpha value is -1.30. The molecule has 2 amide bonds. The highest BCUT2D eigenvalue weighted by Crippen LogP contribution is 2.26. The lowest BCUT2D eigenvalue weighted by atomic mass is 10.2. The monoisotopic (exact) mass is 230 g/mol. The minimum absolute atomic E-state index is 0.103. The first-order valence-electron chi connectivity index (χ1n) is 5.51. The molecule has 1 fully saturated rings. The highest BCUT2D eigenvalue weighted by atomic mass is 16.4. The molecule has 0 bridgehead atoms. The molecule has 0 aromatic heterocycles. The van der Waals surface area contributed by atoms with Gasteiger partial charge in [0.25, 0.3) is 0 Å². The number of urea groups is 1. The van der Waals surface area contributed by atoms with Gasteiger partial charge >= 0.3 is 12.0 Å². The molecule has 0 aromatic rings. The molecule has 0 spiro atoms. The number of nitrogens with one attached hydrogen (secondary N) is 1. The second-order valence-electron chi connectivity index (χ2n) is 3.90. The Balaban J connectivity index is 2.50. The first-order valence-corrected chi connectivity index (χ1v) is 5.51. The largest absolute Gasteiger partial charge is 0.480 e. The molecule has 0 aromatic carbocycles. The van der Waals surface area contributed by atoms with Crippen LogP contribution >= 0.6 is 0 Å². The van der Waals surface area contributed by atoms with Crippen LogP contribution in [0.1, 0.15) is 26.2 Å². The van der Waals surface area contributed by atoms with E-state index in [4.69, 9.17) is 10.2 Å². The smallest absolute Gasteiger partial charge is 0.326 e. The Morgan fingerprint density at radius 2 is 2.12 bits per heavy atom. The Kier molecular flexibility index (Phi) is 4.54. The summed E-state index contributed by atoms with van der Waals surface area (Å²) >= 11 is 0. The maximum atomic E-state index is 11.7. The van der Waals surface area contributed by atoms with Gasteiger partial charge in [-0.3, -0.25) is 0 Å². The van der Waals surface area contributed by atoms with E-state index >= 15 is 0 Å². The van der Waals surface area contributed by atoms with E-state index in [0.29, 0.717) is 6.42 Å². The van der Waals surface area contributed by atoms with E-state index in [1.807, 2.05) is 0 Å². The van der Waals surface area contributed by atoms with E-state index in [1.54, 1.807) is 6.92 Å².